The van der Waals surface area contributed by atoms with Gasteiger partial charge in [-0.25, -0.2) is 9.97 Å². The molecule has 4 saturated heterocycles. The fourth-order valence-electron chi connectivity index (χ4n) is 9.57. The number of rotatable bonds is 8. The molecule has 2 aromatic heterocycles. The SMILES string of the molecule is O=C([C@@H](c1ccccc1)N1CCOCC1)N1CCC[C@H]1c1nc2cc(C#Cc3ccc4[nH]c([C@@H]5CCCN5C(=O)[C@@H](c5ccccc5)N5CCOCC5)nc4c3)ccc2[nH]1. The second kappa shape index (κ2) is 17.0. The van der Waals surface area contributed by atoms with Gasteiger partial charge in [-0.3, -0.25) is 19.4 Å². The van der Waals surface area contributed by atoms with E-state index in [4.69, 9.17) is 19.4 Å². The van der Waals surface area contributed by atoms with Gasteiger partial charge in [-0.15, -0.1) is 0 Å². The topological polar surface area (TPSA) is 123 Å². The molecule has 0 spiro atoms. The summed E-state index contributed by atoms with van der Waals surface area (Å²) in [5.41, 5.74) is 7.24. The third-order valence-corrected chi connectivity index (χ3v) is 12.6. The van der Waals surface area contributed by atoms with E-state index in [2.05, 4.69) is 55.9 Å². The molecule has 0 saturated carbocycles. The molecule has 2 amide bonds. The van der Waals surface area contributed by atoms with E-state index >= 15 is 0 Å². The van der Waals surface area contributed by atoms with Crippen molar-refractivity contribution in [3.05, 3.63) is 131 Å². The minimum Gasteiger partial charge on any atom is -0.379 e. The van der Waals surface area contributed by atoms with E-state index in [1.807, 2.05) is 82.6 Å². The monoisotopic (exact) mass is 802 g/mol. The maximum absolute atomic E-state index is 14.4. The van der Waals surface area contributed by atoms with E-state index in [1.165, 1.54) is 0 Å². The van der Waals surface area contributed by atoms with E-state index in [9.17, 15) is 9.59 Å². The van der Waals surface area contributed by atoms with Crippen LogP contribution in [0.5, 0.6) is 0 Å². The predicted molar refractivity (Wildman–Crippen MR) is 229 cm³/mol. The first-order valence-electron chi connectivity index (χ1n) is 21.4. The Morgan fingerprint density at radius 2 is 0.983 bits per heavy atom. The molecular formula is C48H50N8O4. The van der Waals surface area contributed by atoms with Crippen LogP contribution in [0.2, 0.25) is 0 Å². The molecular weight excluding hydrogens is 753 g/mol. The number of nitrogens with one attached hydrogen (secondary N) is 2. The van der Waals surface area contributed by atoms with Gasteiger partial charge in [0.1, 0.15) is 23.7 Å². The number of hydrogen-bond donors (Lipinski definition) is 2. The number of carbonyl (C=O) groups is 2. The Morgan fingerprint density at radius 1 is 0.567 bits per heavy atom. The molecule has 60 heavy (non-hydrogen) atoms. The lowest BCUT2D eigenvalue weighted by atomic mass is 10.0. The molecule has 0 bridgehead atoms. The van der Waals surface area contributed by atoms with Gasteiger partial charge < -0.3 is 29.2 Å². The first kappa shape index (κ1) is 38.4. The summed E-state index contributed by atoms with van der Waals surface area (Å²) >= 11 is 0. The van der Waals surface area contributed by atoms with Crippen LogP contribution >= 0.6 is 0 Å². The van der Waals surface area contributed by atoms with Crippen molar-refractivity contribution < 1.29 is 19.1 Å². The van der Waals surface area contributed by atoms with Gasteiger partial charge in [0.2, 0.25) is 11.8 Å². The number of H-pyrrole nitrogens is 2. The second-order valence-electron chi connectivity index (χ2n) is 16.3. The van der Waals surface area contributed by atoms with Crippen LogP contribution in [-0.4, -0.2) is 117 Å². The maximum atomic E-state index is 14.4. The second-order valence-corrected chi connectivity index (χ2v) is 16.3. The summed E-state index contributed by atoms with van der Waals surface area (Å²) in [6.45, 7) is 6.81. The summed E-state index contributed by atoms with van der Waals surface area (Å²) in [6, 6.07) is 31.4. The molecule has 4 aromatic carbocycles. The van der Waals surface area contributed by atoms with Crippen LogP contribution in [0.1, 0.15) is 83.8 Å². The van der Waals surface area contributed by atoms with Crippen molar-refractivity contribution in [3.63, 3.8) is 0 Å². The zero-order chi connectivity index (χ0) is 40.4. The fourth-order valence-corrected chi connectivity index (χ4v) is 9.57. The van der Waals surface area contributed by atoms with Gasteiger partial charge in [-0.2, -0.15) is 0 Å². The normalized spacial score (nSPS) is 21.3. The Bertz CT molecular complexity index is 2360. The Kier molecular flexibility index (Phi) is 10.9. The third kappa shape index (κ3) is 7.70. The number of likely N-dealkylation sites (tertiary alicyclic amines) is 2. The lowest BCUT2D eigenvalue weighted by Crippen LogP contribution is -2.47. The first-order chi connectivity index (χ1) is 29.6. The molecule has 6 aromatic rings. The maximum Gasteiger partial charge on any atom is 0.245 e. The number of carbonyl (C=O) groups excluding carboxylic acids is 2. The summed E-state index contributed by atoms with van der Waals surface area (Å²) in [4.78, 5) is 54.5. The number of amides is 2. The molecule has 4 atom stereocenters. The molecule has 4 aliphatic heterocycles. The van der Waals surface area contributed by atoms with Crippen molar-refractivity contribution in [3.8, 4) is 11.8 Å². The summed E-state index contributed by atoms with van der Waals surface area (Å²) < 4.78 is 11.3. The molecule has 0 radical (unpaired) electrons. The van der Waals surface area contributed by atoms with Crippen LogP contribution in [-0.2, 0) is 19.1 Å². The van der Waals surface area contributed by atoms with E-state index in [1.54, 1.807) is 0 Å². The van der Waals surface area contributed by atoms with E-state index < -0.39 is 0 Å². The average molecular weight is 803 g/mol. The first-order valence-corrected chi connectivity index (χ1v) is 21.4. The van der Waals surface area contributed by atoms with Crippen LogP contribution in [0.4, 0.5) is 0 Å². The Hall–Kier alpha value is -5.84. The van der Waals surface area contributed by atoms with Gasteiger partial charge in [-0.1, -0.05) is 72.5 Å². The molecule has 2 N–H and O–H groups in total. The van der Waals surface area contributed by atoms with Crippen LogP contribution in [0.25, 0.3) is 22.1 Å². The smallest absolute Gasteiger partial charge is 0.245 e. The van der Waals surface area contributed by atoms with Gasteiger partial charge in [0.25, 0.3) is 0 Å². The zero-order valence-electron chi connectivity index (χ0n) is 33.8. The Morgan fingerprint density at radius 3 is 1.40 bits per heavy atom. The van der Waals surface area contributed by atoms with Crippen LogP contribution in [0.15, 0.2) is 97.1 Å². The number of aromatic nitrogens is 4. The van der Waals surface area contributed by atoms with Gasteiger partial charge in [0, 0.05) is 50.4 Å². The molecule has 4 aliphatic rings. The highest BCUT2D eigenvalue weighted by molar-refractivity contribution is 5.85. The quantitative estimate of drug-likeness (QED) is 0.172. The molecule has 306 valence electrons. The molecule has 4 fully saturated rings. The minimum atomic E-state index is -0.353. The Balaban J connectivity index is 0.856. The summed E-state index contributed by atoms with van der Waals surface area (Å²) in [7, 11) is 0. The van der Waals surface area contributed by atoms with E-state index in [0.29, 0.717) is 39.5 Å². The van der Waals surface area contributed by atoms with Gasteiger partial charge in [-0.05, 0) is 73.2 Å². The number of hydrogen-bond acceptors (Lipinski definition) is 8. The van der Waals surface area contributed by atoms with Gasteiger partial charge >= 0.3 is 0 Å². The minimum absolute atomic E-state index is 0.119. The molecule has 0 unspecified atom stereocenters. The lowest BCUT2D eigenvalue weighted by Gasteiger charge is -2.37. The van der Waals surface area contributed by atoms with Gasteiger partial charge in [0.15, 0.2) is 0 Å². The largest absolute Gasteiger partial charge is 0.379 e. The van der Waals surface area contributed by atoms with Crippen molar-refractivity contribution in [1.29, 1.82) is 0 Å². The van der Waals surface area contributed by atoms with Gasteiger partial charge in [0.05, 0.1) is 60.6 Å². The summed E-state index contributed by atoms with van der Waals surface area (Å²) in [5, 5.41) is 0. The van der Waals surface area contributed by atoms with Crippen molar-refractivity contribution in [2.24, 2.45) is 0 Å². The predicted octanol–water partition coefficient (Wildman–Crippen LogP) is 6.31. The number of nitrogens with zero attached hydrogens (tertiary/aromatic N) is 6. The number of fused-ring (bicyclic) bond motifs is 2. The van der Waals surface area contributed by atoms with Crippen molar-refractivity contribution in [2.75, 3.05) is 65.7 Å². The van der Waals surface area contributed by atoms with E-state index in [0.717, 1.165) is 108 Å². The number of ether oxygens (including phenoxy) is 2. The number of benzene rings is 4. The summed E-state index contributed by atoms with van der Waals surface area (Å²) in [6.07, 6.45) is 3.57. The molecule has 6 heterocycles. The zero-order valence-corrected chi connectivity index (χ0v) is 33.8. The van der Waals surface area contributed by atoms with Crippen molar-refractivity contribution in [2.45, 2.75) is 49.9 Å². The standard InChI is InChI=1S/C48H50N8O4/c57-47(43(35-9-3-1-4-10-35)53-23-27-59-28-24-53)55-21-7-13-41(55)45-49-37-19-17-33(31-39(37)51-45)15-16-34-18-20-38-40(32-34)52-46(50-38)42-14-8-22-56(42)48(58)44(36-11-5-2-6-12-36)54-25-29-60-30-26-54/h1-6,9-12,17-20,31-32,41-44H,7-8,13-14,21-30H2,(H,49,51)(H,50,52)/t41-,42-,43+,44+/m0/s1. The lowest BCUT2D eigenvalue weighted by molar-refractivity contribution is -0.141. The van der Waals surface area contributed by atoms with Crippen LogP contribution in [0, 0.1) is 11.8 Å². The fraction of sp³-hybridized carbons (Fsp3) is 0.375. The number of aromatic amines is 2. The Labute approximate surface area is 349 Å². The van der Waals surface area contributed by atoms with Crippen LogP contribution < -0.4 is 0 Å². The van der Waals surface area contributed by atoms with E-state index in [-0.39, 0.29) is 36.0 Å². The van der Waals surface area contributed by atoms with Crippen molar-refractivity contribution in [1.82, 2.24) is 39.5 Å². The summed E-state index contributed by atoms with van der Waals surface area (Å²) in [5.74, 6) is 8.56. The average Bonchev–Trinajstić information content (AvgIpc) is 4.13. The molecule has 12 heteroatoms. The molecule has 10 rings (SSSR count). The number of morpholine rings is 2. The highest BCUT2D eigenvalue weighted by Gasteiger charge is 2.40. The van der Waals surface area contributed by atoms with Crippen molar-refractivity contribution >= 4 is 33.9 Å². The third-order valence-electron chi connectivity index (χ3n) is 12.6. The molecule has 12 nitrogen and oxygen atoms in total. The number of imidazole rings is 2. The highest BCUT2D eigenvalue weighted by atomic mass is 16.5. The van der Waals surface area contributed by atoms with Crippen LogP contribution in [0.3, 0.4) is 0 Å². The molecule has 0 aliphatic carbocycles. The highest BCUT2D eigenvalue weighted by Crippen LogP contribution is 2.37.